The van der Waals surface area contributed by atoms with Crippen LogP contribution in [0.5, 0.6) is 11.5 Å². The van der Waals surface area contributed by atoms with E-state index in [1.165, 1.54) is 32.1 Å². The Labute approximate surface area is 210 Å². The molecule has 36 heavy (non-hydrogen) atoms. The quantitative estimate of drug-likeness (QED) is 0.455. The highest BCUT2D eigenvalue weighted by molar-refractivity contribution is 7.92. The van der Waals surface area contributed by atoms with E-state index in [9.17, 15) is 13.2 Å². The summed E-state index contributed by atoms with van der Waals surface area (Å²) in [6, 6.07) is 16.0. The number of amides is 1. The first-order valence-corrected chi connectivity index (χ1v) is 13.7. The Hall–Kier alpha value is -3.33. The number of rotatable bonds is 8. The number of halogens is 1. The Kier molecular flexibility index (Phi) is 7.00. The standard InChI is InChI=1S/C27H29FN2O5S/c28-26-23-16-22(34-14-13-19-7-3-1-4-8-19)12-11-21(23)15-24(35-18-20-9-5-2-6-10-20)27(26)30-17-25(31)29-36(30,32)33/h2,5-6,9-12,15-16,19H,1,3-4,7-8,13-14,17-18H2,(H,29,31). The number of ether oxygens (including phenoxy) is 2. The molecule has 1 amide bonds. The van der Waals surface area contributed by atoms with Gasteiger partial charge in [0.15, 0.2) is 5.82 Å². The van der Waals surface area contributed by atoms with Gasteiger partial charge in [-0.1, -0.05) is 68.5 Å². The van der Waals surface area contributed by atoms with Crippen LogP contribution in [-0.4, -0.2) is 27.5 Å². The number of fused-ring (bicyclic) bond motifs is 1. The van der Waals surface area contributed by atoms with Crippen LogP contribution in [0.25, 0.3) is 10.8 Å². The normalized spacial score (nSPS) is 17.8. The number of hydrogen-bond acceptors (Lipinski definition) is 5. The Morgan fingerprint density at radius 1 is 1.00 bits per heavy atom. The number of carbonyl (C=O) groups is 1. The minimum Gasteiger partial charge on any atom is -0.494 e. The molecule has 1 aliphatic carbocycles. The summed E-state index contributed by atoms with van der Waals surface area (Å²) in [5.41, 5.74) is 0.542. The Balaban J connectivity index is 1.46. The topological polar surface area (TPSA) is 84.9 Å². The van der Waals surface area contributed by atoms with Crippen LogP contribution in [0.3, 0.4) is 0 Å². The molecule has 0 spiro atoms. The maximum atomic E-state index is 16.0. The molecule has 1 aliphatic heterocycles. The minimum atomic E-state index is -4.24. The second-order valence-electron chi connectivity index (χ2n) is 9.37. The second-order valence-corrected chi connectivity index (χ2v) is 11.0. The van der Waals surface area contributed by atoms with Gasteiger partial charge in [0.25, 0.3) is 5.91 Å². The fraction of sp³-hybridized carbons (Fsp3) is 0.370. The van der Waals surface area contributed by atoms with Crippen LogP contribution in [0.15, 0.2) is 54.6 Å². The van der Waals surface area contributed by atoms with Crippen molar-refractivity contribution >= 4 is 32.6 Å². The summed E-state index contributed by atoms with van der Waals surface area (Å²) in [4.78, 5) is 11.9. The molecule has 1 N–H and O–H groups in total. The molecule has 3 aromatic rings. The van der Waals surface area contributed by atoms with Crippen molar-refractivity contribution in [1.29, 1.82) is 0 Å². The SMILES string of the molecule is O=C1CN(c2c(OCc3ccccc3)cc3ccc(OCCC4CCCCC4)cc3c2F)S(=O)(=O)N1. The summed E-state index contributed by atoms with van der Waals surface area (Å²) in [5.74, 6) is -0.302. The van der Waals surface area contributed by atoms with Gasteiger partial charge < -0.3 is 9.47 Å². The maximum absolute atomic E-state index is 16.0. The first kappa shape index (κ1) is 24.4. The molecule has 1 saturated carbocycles. The van der Waals surface area contributed by atoms with E-state index in [4.69, 9.17) is 9.47 Å². The molecular formula is C27H29FN2O5S. The molecule has 1 saturated heterocycles. The highest BCUT2D eigenvalue weighted by atomic mass is 32.2. The molecule has 0 radical (unpaired) electrons. The molecule has 0 unspecified atom stereocenters. The van der Waals surface area contributed by atoms with Crippen LogP contribution in [0.1, 0.15) is 44.1 Å². The highest BCUT2D eigenvalue weighted by Gasteiger charge is 2.38. The zero-order chi connectivity index (χ0) is 25.1. The van der Waals surface area contributed by atoms with E-state index in [1.807, 2.05) is 35.1 Å². The number of hydrogen-bond donors (Lipinski definition) is 1. The van der Waals surface area contributed by atoms with Gasteiger partial charge in [-0.3, -0.25) is 4.79 Å². The third kappa shape index (κ3) is 5.26. The molecule has 2 aliphatic rings. The first-order valence-electron chi connectivity index (χ1n) is 12.3. The second kappa shape index (κ2) is 10.3. The van der Waals surface area contributed by atoms with Crippen molar-refractivity contribution < 1.29 is 27.1 Å². The third-order valence-electron chi connectivity index (χ3n) is 6.82. The van der Waals surface area contributed by atoms with E-state index in [0.29, 0.717) is 23.7 Å². The molecule has 190 valence electrons. The van der Waals surface area contributed by atoms with Gasteiger partial charge in [-0.15, -0.1) is 0 Å². The van der Waals surface area contributed by atoms with E-state index in [2.05, 4.69) is 0 Å². The van der Waals surface area contributed by atoms with Crippen molar-refractivity contribution in [2.24, 2.45) is 5.92 Å². The van der Waals surface area contributed by atoms with Gasteiger partial charge >= 0.3 is 10.2 Å². The van der Waals surface area contributed by atoms with Crippen LogP contribution in [0.2, 0.25) is 0 Å². The molecule has 3 aromatic carbocycles. The average Bonchev–Trinajstić information content (AvgIpc) is 3.15. The van der Waals surface area contributed by atoms with E-state index in [1.54, 1.807) is 24.3 Å². The van der Waals surface area contributed by atoms with Crippen molar-refractivity contribution in [3.05, 3.63) is 66.0 Å². The predicted molar refractivity (Wildman–Crippen MR) is 136 cm³/mol. The number of nitrogens with zero attached hydrogens (tertiary/aromatic N) is 1. The fourth-order valence-electron chi connectivity index (χ4n) is 4.93. The lowest BCUT2D eigenvalue weighted by molar-refractivity contribution is -0.117. The zero-order valence-electron chi connectivity index (χ0n) is 19.9. The minimum absolute atomic E-state index is 0.0369. The fourth-order valence-corrected chi connectivity index (χ4v) is 6.09. The van der Waals surface area contributed by atoms with Gasteiger partial charge in [0.1, 0.15) is 30.3 Å². The van der Waals surface area contributed by atoms with Gasteiger partial charge in [0, 0.05) is 5.39 Å². The van der Waals surface area contributed by atoms with Gasteiger partial charge in [0.2, 0.25) is 0 Å². The molecule has 5 rings (SSSR count). The predicted octanol–water partition coefficient (Wildman–Crippen LogP) is 5.09. The van der Waals surface area contributed by atoms with Crippen LogP contribution in [0.4, 0.5) is 10.1 Å². The molecule has 2 fully saturated rings. The van der Waals surface area contributed by atoms with Gasteiger partial charge in [0.05, 0.1) is 6.61 Å². The summed E-state index contributed by atoms with van der Waals surface area (Å²) < 4.78 is 55.6. The molecule has 0 bridgehead atoms. The average molecular weight is 513 g/mol. The summed E-state index contributed by atoms with van der Waals surface area (Å²) >= 11 is 0. The smallest absolute Gasteiger partial charge is 0.326 e. The van der Waals surface area contributed by atoms with Crippen molar-refractivity contribution in [3.63, 3.8) is 0 Å². The molecule has 1 heterocycles. The number of carbonyl (C=O) groups excluding carboxylic acids is 1. The monoisotopic (exact) mass is 512 g/mol. The van der Waals surface area contributed by atoms with Crippen LogP contribution in [-0.2, 0) is 21.6 Å². The third-order valence-corrected chi connectivity index (χ3v) is 8.19. The lowest BCUT2D eigenvalue weighted by Gasteiger charge is -2.22. The lowest BCUT2D eigenvalue weighted by atomic mass is 9.87. The Morgan fingerprint density at radius 3 is 2.50 bits per heavy atom. The van der Waals surface area contributed by atoms with Crippen LogP contribution < -0.4 is 18.5 Å². The molecular weight excluding hydrogens is 483 g/mol. The van der Waals surface area contributed by atoms with E-state index in [-0.39, 0.29) is 23.4 Å². The Morgan fingerprint density at radius 2 is 1.78 bits per heavy atom. The van der Waals surface area contributed by atoms with E-state index in [0.717, 1.165) is 16.3 Å². The van der Waals surface area contributed by atoms with E-state index >= 15 is 4.39 Å². The summed E-state index contributed by atoms with van der Waals surface area (Å²) in [7, 11) is -4.24. The largest absolute Gasteiger partial charge is 0.494 e. The van der Waals surface area contributed by atoms with Crippen LogP contribution in [0, 0.1) is 11.7 Å². The van der Waals surface area contributed by atoms with Crippen molar-refractivity contribution in [1.82, 2.24) is 4.72 Å². The van der Waals surface area contributed by atoms with E-state index < -0.39 is 28.5 Å². The van der Waals surface area contributed by atoms with Gasteiger partial charge in [-0.25, -0.2) is 13.4 Å². The number of anilines is 1. The zero-order valence-corrected chi connectivity index (χ0v) is 20.7. The molecule has 0 aromatic heterocycles. The van der Waals surface area contributed by atoms with Crippen molar-refractivity contribution in [3.8, 4) is 11.5 Å². The summed E-state index contributed by atoms with van der Waals surface area (Å²) in [6.45, 7) is 0.127. The van der Waals surface area contributed by atoms with Gasteiger partial charge in [-0.05, 0) is 41.5 Å². The summed E-state index contributed by atoms with van der Waals surface area (Å²) in [5, 5.41) is 0.733. The Bertz CT molecular complexity index is 1360. The number of nitrogens with one attached hydrogen (secondary N) is 1. The van der Waals surface area contributed by atoms with Crippen molar-refractivity contribution in [2.45, 2.75) is 45.1 Å². The van der Waals surface area contributed by atoms with Gasteiger partial charge in [-0.2, -0.15) is 8.42 Å². The van der Waals surface area contributed by atoms with Crippen LogP contribution >= 0.6 is 0 Å². The first-order chi connectivity index (χ1) is 17.4. The highest BCUT2D eigenvalue weighted by Crippen LogP contribution is 2.40. The molecule has 7 nitrogen and oxygen atoms in total. The summed E-state index contributed by atoms with van der Waals surface area (Å²) in [6.07, 6.45) is 7.23. The maximum Gasteiger partial charge on any atom is 0.326 e. The van der Waals surface area contributed by atoms with Crippen molar-refractivity contribution in [2.75, 3.05) is 17.5 Å². The lowest BCUT2D eigenvalue weighted by Crippen LogP contribution is -2.30. The number of benzene rings is 3. The molecule has 9 heteroatoms. The molecule has 0 atom stereocenters.